The Morgan fingerprint density at radius 1 is 1.08 bits per heavy atom. The number of quaternary nitrogens is 1. The van der Waals surface area contributed by atoms with Gasteiger partial charge in [-0.05, 0) is 31.9 Å². The third-order valence-electron chi connectivity index (χ3n) is 4.34. The molecular weight excluding hydrogens is 314 g/mol. The molecule has 0 aliphatic heterocycles. The summed E-state index contributed by atoms with van der Waals surface area (Å²) < 4.78 is 0. The van der Waals surface area contributed by atoms with E-state index >= 15 is 0 Å². The minimum absolute atomic E-state index is 0.116. The molecule has 1 saturated carbocycles. The average molecular weight is 338 g/mol. The molecule has 2 aromatic rings. The minimum Gasteiger partial charge on any atom is -0.349 e. The van der Waals surface area contributed by atoms with E-state index in [4.69, 9.17) is 0 Å². The van der Waals surface area contributed by atoms with Crippen molar-refractivity contribution in [2.45, 2.75) is 31.8 Å². The van der Waals surface area contributed by atoms with Crippen LogP contribution >= 0.6 is 0 Å². The highest BCUT2D eigenvalue weighted by Gasteiger charge is 2.25. The van der Waals surface area contributed by atoms with Gasteiger partial charge >= 0.3 is 0 Å². The zero-order chi connectivity index (χ0) is 17.6. The second kappa shape index (κ2) is 7.94. The maximum atomic E-state index is 12.3. The van der Waals surface area contributed by atoms with Gasteiger partial charge in [-0.2, -0.15) is 0 Å². The fourth-order valence-corrected chi connectivity index (χ4v) is 2.66. The Morgan fingerprint density at radius 3 is 2.48 bits per heavy atom. The largest absolute Gasteiger partial charge is 0.349 e. The van der Waals surface area contributed by atoms with Gasteiger partial charge in [0.15, 0.2) is 6.54 Å². The molecule has 0 aromatic heterocycles. The first-order chi connectivity index (χ1) is 12.1. The van der Waals surface area contributed by atoms with Gasteiger partial charge in [-0.25, -0.2) is 0 Å². The molecule has 0 bridgehead atoms. The first-order valence-electron chi connectivity index (χ1n) is 8.71. The Hall–Kier alpha value is -2.66. The lowest BCUT2D eigenvalue weighted by molar-refractivity contribution is -0.682. The molecule has 130 valence electrons. The number of carbonyl (C=O) groups is 2. The summed E-state index contributed by atoms with van der Waals surface area (Å²) >= 11 is 0. The zero-order valence-corrected chi connectivity index (χ0v) is 14.4. The molecule has 3 rings (SSSR count). The molecule has 1 atom stereocenters. The Balaban J connectivity index is 1.56. The second-order valence-corrected chi connectivity index (χ2v) is 6.48. The van der Waals surface area contributed by atoms with Gasteiger partial charge in [0.25, 0.3) is 11.8 Å². The summed E-state index contributed by atoms with van der Waals surface area (Å²) in [6.07, 6.45) is 2.07. The van der Waals surface area contributed by atoms with Gasteiger partial charge in [0.05, 0.1) is 11.3 Å². The molecule has 0 spiro atoms. The van der Waals surface area contributed by atoms with Crippen molar-refractivity contribution in [3.05, 3.63) is 65.7 Å². The maximum absolute atomic E-state index is 12.3. The minimum atomic E-state index is -0.125. The van der Waals surface area contributed by atoms with Crippen LogP contribution in [0.3, 0.4) is 0 Å². The van der Waals surface area contributed by atoms with Gasteiger partial charge in [0, 0.05) is 11.6 Å². The summed E-state index contributed by atoms with van der Waals surface area (Å²) in [5.41, 5.74) is 2.25. The lowest BCUT2D eigenvalue weighted by Gasteiger charge is -2.13. The van der Waals surface area contributed by atoms with E-state index < -0.39 is 0 Å². The van der Waals surface area contributed by atoms with Crippen LogP contribution in [-0.4, -0.2) is 24.4 Å². The molecule has 5 nitrogen and oxygen atoms in total. The number of benzene rings is 2. The van der Waals surface area contributed by atoms with E-state index in [0.717, 1.165) is 12.8 Å². The number of nitrogens with one attached hydrogen (secondary N) is 2. The van der Waals surface area contributed by atoms with Crippen LogP contribution in [0.1, 0.15) is 41.7 Å². The fourth-order valence-electron chi connectivity index (χ4n) is 2.66. The molecule has 1 aliphatic carbocycles. The molecule has 0 heterocycles. The number of rotatable bonds is 7. The van der Waals surface area contributed by atoms with E-state index in [0.29, 0.717) is 17.8 Å². The molecule has 0 saturated heterocycles. The molecule has 2 amide bonds. The summed E-state index contributed by atoms with van der Waals surface area (Å²) in [6, 6.07) is 17.7. The van der Waals surface area contributed by atoms with Crippen molar-refractivity contribution in [2.24, 2.45) is 0 Å². The van der Waals surface area contributed by atoms with Crippen molar-refractivity contribution in [1.82, 2.24) is 5.32 Å². The number of anilines is 1. The topological polar surface area (TPSA) is 74.8 Å². The quantitative estimate of drug-likeness (QED) is 0.721. The predicted octanol–water partition coefficient (Wildman–Crippen LogP) is 1.84. The molecular formula is C20H24N3O2+. The van der Waals surface area contributed by atoms with Gasteiger partial charge in [-0.3, -0.25) is 9.59 Å². The van der Waals surface area contributed by atoms with Crippen molar-refractivity contribution in [2.75, 3.05) is 11.9 Å². The molecule has 1 fully saturated rings. The zero-order valence-electron chi connectivity index (χ0n) is 14.4. The summed E-state index contributed by atoms with van der Waals surface area (Å²) in [7, 11) is 0. The third-order valence-corrected chi connectivity index (χ3v) is 4.34. The summed E-state index contributed by atoms with van der Waals surface area (Å²) in [5, 5.41) is 7.80. The number of hydrogen-bond donors (Lipinski definition) is 3. The second-order valence-electron chi connectivity index (χ2n) is 6.48. The van der Waals surface area contributed by atoms with E-state index in [2.05, 4.69) is 29.7 Å². The van der Waals surface area contributed by atoms with Crippen LogP contribution in [0.2, 0.25) is 0 Å². The lowest BCUT2D eigenvalue weighted by Crippen LogP contribution is -2.86. The number of amides is 2. The fraction of sp³-hybridized carbons (Fsp3) is 0.300. The third kappa shape index (κ3) is 4.90. The van der Waals surface area contributed by atoms with E-state index in [1.165, 1.54) is 5.56 Å². The molecule has 2 aromatic carbocycles. The standard InChI is InChI=1S/C20H23N3O2/c1-14(15-7-3-2-4-8-15)21-13-19(24)23-18-10-6-5-9-17(18)20(25)22-16-11-12-16/h2-10,14,16,21H,11-13H2,1H3,(H,22,25)(H,23,24)/p+1/t14-/m0/s1. The van der Waals surface area contributed by atoms with Crippen LogP contribution in [0.25, 0.3) is 0 Å². The van der Waals surface area contributed by atoms with E-state index in [1.54, 1.807) is 18.2 Å². The van der Waals surface area contributed by atoms with Crippen molar-refractivity contribution < 1.29 is 14.9 Å². The van der Waals surface area contributed by atoms with Crippen molar-refractivity contribution in [3.63, 3.8) is 0 Å². The van der Waals surface area contributed by atoms with Crippen molar-refractivity contribution in [1.29, 1.82) is 0 Å². The number of hydrogen-bond acceptors (Lipinski definition) is 2. The first-order valence-corrected chi connectivity index (χ1v) is 8.71. The number of para-hydroxylation sites is 1. The molecule has 0 unspecified atom stereocenters. The first kappa shape index (κ1) is 17.2. The van der Waals surface area contributed by atoms with Gasteiger partial charge in [0.1, 0.15) is 6.04 Å². The van der Waals surface area contributed by atoms with Crippen LogP contribution in [0.4, 0.5) is 5.69 Å². The van der Waals surface area contributed by atoms with E-state index in [-0.39, 0.29) is 23.9 Å². The maximum Gasteiger partial charge on any atom is 0.279 e. The normalized spacial score (nSPS) is 14.6. The van der Waals surface area contributed by atoms with Gasteiger partial charge in [-0.15, -0.1) is 0 Å². The Morgan fingerprint density at radius 2 is 1.76 bits per heavy atom. The molecule has 25 heavy (non-hydrogen) atoms. The smallest absolute Gasteiger partial charge is 0.279 e. The van der Waals surface area contributed by atoms with Crippen molar-refractivity contribution in [3.8, 4) is 0 Å². The van der Waals surface area contributed by atoms with Crippen LogP contribution in [0.15, 0.2) is 54.6 Å². The van der Waals surface area contributed by atoms with Crippen LogP contribution in [-0.2, 0) is 4.79 Å². The van der Waals surface area contributed by atoms with E-state index in [1.807, 2.05) is 29.6 Å². The Bertz CT molecular complexity index is 742. The predicted molar refractivity (Wildman–Crippen MR) is 97.2 cm³/mol. The highest BCUT2D eigenvalue weighted by molar-refractivity contribution is 6.04. The van der Waals surface area contributed by atoms with E-state index in [9.17, 15) is 9.59 Å². The number of carbonyl (C=O) groups excluding carboxylic acids is 2. The van der Waals surface area contributed by atoms with Crippen LogP contribution in [0.5, 0.6) is 0 Å². The SMILES string of the molecule is C[C@H]([NH2+]CC(=O)Nc1ccccc1C(=O)NC1CC1)c1ccccc1. The Kier molecular flexibility index (Phi) is 5.46. The molecule has 4 N–H and O–H groups in total. The summed E-state index contributed by atoms with van der Waals surface area (Å²) in [5.74, 6) is -0.241. The van der Waals surface area contributed by atoms with Gasteiger partial charge in [-0.1, -0.05) is 42.5 Å². The lowest BCUT2D eigenvalue weighted by atomic mass is 10.1. The monoisotopic (exact) mass is 338 g/mol. The molecule has 0 radical (unpaired) electrons. The highest BCUT2D eigenvalue weighted by Crippen LogP contribution is 2.21. The number of nitrogens with two attached hydrogens (primary N) is 1. The molecule has 1 aliphatic rings. The van der Waals surface area contributed by atoms with Crippen LogP contribution < -0.4 is 16.0 Å². The van der Waals surface area contributed by atoms with Crippen molar-refractivity contribution >= 4 is 17.5 Å². The summed E-state index contributed by atoms with van der Waals surface area (Å²) in [6.45, 7) is 2.37. The van der Waals surface area contributed by atoms with Gasteiger partial charge in [0.2, 0.25) is 0 Å². The molecule has 5 heteroatoms. The van der Waals surface area contributed by atoms with Crippen LogP contribution in [0, 0.1) is 0 Å². The Labute approximate surface area is 147 Å². The summed E-state index contributed by atoms with van der Waals surface area (Å²) in [4.78, 5) is 24.6. The van der Waals surface area contributed by atoms with Gasteiger partial charge < -0.3 is 16.0 Å². The highest BCUT2D eigenvalue weighted by atomic mass is 16.2. The average Bonchev–Trinajstić information content (AvgIpc) is 3.45.